The van der Waals surface area contributed by atoms with Gasteiger partial charge < -0.3 is 5.73 Å². The summed E-state index contributed by atoms with van der Waals surface area (Å²) in [5.74, 6) is 0. The van der Waals surface area contributed by atoms with Gasteiger partial charge in [-0.25, -0.2) is 4.98 Å². The highest BCUT2D eigenvalue weighted by atomic mass is 35.5. The average molecular weight is 278 g/mol. The zero-order valence-corrected chi connectivity index (χ0v) is 11.2. The summed E-state index contributed by atoms with van der Waals surface area (Å²) >= 11 is 7.53. The molecule has 0 amide bonds. The molecule has 2 heterocycles. The zero-order chi connectivity index (χ0) is 12.5. The van der Waals surface area contributed by atoms with Gasteiger partial charge in [-0.1, -0.05) is 23.7 Å². The second kappa shape index (κ2) is 4.72. The van der Waals surface area contributed by atoms with Crippen LogP contribution < -0.4 is 5.73 Å². The van der Waals surface area contributed by atoms with Crippen LogP contribution in [0, 0.1) is 0 Å². The maximum absolute atomic E-state index is 5.89. The number of fused-ring (bicyclic) bond motifs is 1. The molecule has 2 aromatic heterocycles. The molecule has 0 aliphatic carbocycles. The van der Waals surface area contributed by atoms with E-state index in [1.165, 1.54) is 5.69 Å². The van der Waals surface area contributed by atoms with Gasteiger partial charge in [0, 0.05) is 34.3 Å². The lowest BCUT2D eigenvalue weighted by molar-refractivity contribution is 0.909. The molecule has 3 aromatic rings. The molecule has 0 radical (unpaired) electrons. The Morgan fingerprint density at radius 3 is 2.78 bits per heavy atom. The Labute approximate surface area is 114 Å². The molecule has 2 N–H and O–H groups in total. The highest BCUT2D eigenvalue weighted by molar-refractivity contribution is 7.15. The summed E-state index contributed by atoms with van der Waals surface area (Å²) in [6, 6.07) is 7.73. The quantitative estimate of drug-likeness (QED) is 0.799. The monoisotopic (exact) mass is 277 g/mol. The molecule has 0 spiro atoms. The second-order valence-electron chi connectivity index (χ2n) is 4.05. The van der Waals surface area contributed by atoms with Crippen LogP contribution in [-0.4, -0.2) is 15.9 Å². The van der Waals surface area contributed by atoms with E-state index < -0.39 is 0 Å². The van der Waals surface area contributed by atoms with Crippen molar-refractivity contribution in [3.8, 4) is 11.3 Å². The molecular weight excluding hydrogens is 266 g/mol. The van der Waals surface area contributed by atoms with E-state index >= 15 is 0 Å². The van der Waals surface area contributed by atoms with Gasteiger partial charge in [0.1, 0.15) is 0 Å². The van der Waals surface area contributed by atoms with E-state index in [0.29, 0.717) is 6.54 Å². The van der Waals surface area contributed by atoms with E-state index in [9.17, 15) is 0 Å². The van der Waals surface area contributed by atoms with Crippen molar-refractivity contribution in [1.29, 1.82) is 0 Å². The van der Waals surface area contributed by atoms with Crippen LogP contribution in [0.5, 0.6) is 0 Å². The van der Waals surface area contributed by atoms with Gasteiger partial charge in [-0.2, -0.15) is 0 Å². The first-order valence-corrected chi connectivity index (χ1v) is 6.95. The predicted molar refractivity (Wildman–Crippen MR) is 76.3 cm³/mol. The van der Waals surface area contributed by atoms with Crippen LogP contribution >= 0.6 is 22.9 Å². The van der Waals surface area contributed by atoms with Gasteiger partial charge in [-0.05, 0) is 18.7 Å². The number of hydrogen-bond donors (Lipinski definition) is 1. The Morgan fingerprint density at radius 2 is 2.06 bits per heavy atom. The number of nitrogens with two attached hydrogens (primary N) is 1. The standard InChI is InChI=1S/C13H12ClN3S/c14-10-3-1-9(2-4-10)12-7-17-11(5-6-15)8-18-13(17)16-12/h1-4,7-8H,5-6,15H2. The fourth-order valence-corrected chi connectivity index (χ4v) is 2.95. The van der Waals surface area contributed by atoms with Crippen molar-refractivity contribution in [3.63, 3.8) is 0 Å². The van der Waals surface area contributed by atoms with Gasteiger partial charge in [0.25, 0.3) is 0 Å². The molecule has 3 rings (SSSR count). The number of imidazole rings is 1. The van der Waals surface area contributed by atoms with E-state index in [2.05, 4.69) is 21.0 Å². The van der Waals surface area contributed by atoms with Crippen LogP contribution in [0.2, 0.25) is 5.02 Å². The Morgan fingerprint density at radius 1 is 1.28 bits per heavy atom. The Balaban J connectivity index is 2.05. The summed E-state index contributed by atoms with van der Waals surface area (Å²) in [6.07, 6.45) is 2.93. The average Bonchev–Trinajstić information content (AvgIpc) is 2.93. The number of rotatable bonds is 3. The van der Waals surface area contributed by atoms with Crippen LogP contribution in [0.4, 0.5) is 0 Å². The molecule has 0 atom stereocenters. The van der Waals surface area contributed by atoms with Crippen LogP contribution in [0.3, 0.4) is 0 Å². The predicted octanol–water partition coefficient (Wildman–Crippen LogP) is 3.22. The lowest BCUT2D eigenvalue weighted by Gasteiger charge is -1.96. The van der Waals surface area contributed by atoms with Gasteiger partial charge in [0.05, 0.1) is 5.69 Å². The second-order valence-corrected chi connectivity index (χ2v) is 5.32. The van der Waals surface area contributed by atoms with Crippen LogP contribution in [0.15, 0.2) is 35.8 Å². The van der Waals surface area contributed by atoms with E-state index in [1.54, 1.807) is 11.3 Å². The summed E-state index contributed by atoms with van der Waals surface area (Å²) in [4.78, 5) is 5.62. The lowest BCUT2D eigenvalue weighted by atomic mass is 10.2. The van der Waals surface area contributed by atoms with Crippen LogP contribution in [-0.2, 0) is 6.42 Å². The normalized spacial score (nSPS) is 11.2. The Bertz CT molecular complexity index is 669. The number of aromatic nitrogens is 2. The van der Waals surface area contributed by atoms with Crippen molar-refractivity contribution in [3.05, 3.63) is 46.6 Å². The van der Waals surface area contributed by atoms with Gasteiger partial charge >= 0.3 is 0 Å². The van der Waals surface area contributed by atoms with Crippen molar-refractivity contribution in [1.82, 2.24) is 9.38 Å². The van der Waals surface area contributed by atoms with Crippen LogP contribution in [0.1, 0.15) is 5.69 Å². The first kappa shape index (κ1) is 11.7. The lowest BCUT2D eigenvalue weighted by Crippen LogP contribution is -2.04. The third-order valence-corrected chi connectivity index (χ3v) is 3.96. The zero-order valence-electron chi connectivity index (χ0n) is 9.64. The maximum atomic E-state index is 5.89. The fraction of sp³-hybridized carbons (Fsp3) is 0.154. The van der Waals surface area contributed by atoms with Crippen molar-refractivity contribution in [2.75, 3.05) is 6.54 Å². The minimum absolute atomic E-state index is 0.653. The molecule has 0 aliphatic rings. The van der Waals surface area contributed by atoms with E-state index in [0.717, 1.165) is 27.7 Å². The number of halogens is 1. The summed E-state index contributed by atoms with van der Waals surface area (Å²) in [5, 5.41) is 2.85. The minimum atomic E-state index is 0.653. The van der Waals surface area contributed by atoms with Crippen molar-refractivity contribution < 1.29 is 0 Å². The van der Waals surface area contributed by atoms with Gasteiger partial charge in [-0.3, -0.25) is 4.40 Å². The molecular formula is C13H12ClN3S. The molecule has 0 saturated carbocycles. The molecule has 3 nitrogen and oxygen atoms in total. The SMILES string of the molecule is NCCc1csc2nc(-c3ccc(Cl)cc3)cn12. The summed E-state index contributed by atoms with van der Waals surface area (Å²) in [5.41, 5.74) is 8.86. The molecule has 0 fully saturated rings. The number of benzene rings is 1. The smallest absolute Gasteiger partial charge is 0.194 e. The fourth-order valence-electron chi connectivity index (χ4n) is 1.92. The van der Waals surface area contributed by atoms with Gasteiger partial charge in [-0.15, -0.1) is 11.3 Å². The molecule has 0 saturated heterocycles. The Kier molecular flexibility index (Phi) is 3.07. The number of nitrogens with zero attached hydrogens (tertiary/aromatic N) is 2. The summed E-state index contributed by atoms with van der Waals surface area (Å²) in [7, 11) is 0. The highest BCUT2D eigenvalue weighted by Gasteiger charge is 2.08. The Hall–Kier alpha value is -1.36. The summed E-state index contributed by atoms with van der Waals surface area (Å²) < 4.78 is 2.11. The number of thiazole rings is 1. The van der Waals surface area contributed by atoms with Gasteiger partial charge in [0.2, 0.25) is 0 Å². The molecule has 92 valence electrons. The van der Waals surface area contributed by atoms with E-state index in [1.807, 2.05) is 24.3 Å². The molecule has 18 heavy (non-hydrogen) atoms. The molecule has 5 heteroatoms. The largest absolute Gasteiger partial charge is 0.330 e. The molecule has 1 aromatic carbocycles. The van der Waals surface area contributed by atoms with Crippen molar-refractivity contribution >= 4 is 27.9 Å². The summed E-state index contributed by atoms with van der Waals surface area (Å²) in [6.45, 7) is 0.653. The number of hydrogen-bond acceptors (Lipinski definition) is 3. The first-order valence-electron chi connectivity index (χ1n) is 5.69. The third kappa shape index (κ3) is 2.03. The minimum Gasteiger partial charge on any atom is -0.330 e. The molecule has 0 bridgehead atoms. The maximum Gasteiger partial charge on any atom is 0.194 e. The van der Waals surface area contributed by atoms with Crippen LogP contribution in [0.25, 0.3) is 16.2 Å². The first-order chi connectivity index (χ1) is 8.78. The topological polar surface area (TPSA) is 43.3 Å². The van der Waals surface area contributed by atoms with E-state index in [-0.39, 0.29) is 0 Å². The van der Waals surface area contributed by atoms with Crippen molar-refractivity contribution in [2.45, 2.75) is 6.42 Å². The molecule has 0 unspecified atom stereocenters. The van der Waals surface area contributed by atoms with Gasteiger partial charge in [0.15, 0.2) is 4.96 Å². The van der Waals surface area contributed by atoms with E-state index in [4.69, 9.17) is 17.3 Å². The molecule has 0 aliphatic heterocycles. The van der Waals surface area contributed by atoms with Crippen molar-refractivity contribution in [2.24, 2.45) is 5.73 Å². The third-order valence-electron chi connectivity index (χ3n) is 2.82. The highest BCUT2D eigenvalue weighted by Crippen LogP contribution is 2.24.